The molecule has 2 N–H and O–H groups in total. The second-order valence-electron chi connectivity index (χ2n) is 3.39. The second kappa shape index (κ2) is 4.49. The van der Waals surface area contributed by atoms with E-state index in [9.17, 15) is 0 Å². The third-order valence-electron chi connectivity index (χ3n) is 2.21. The SMILES string of the molecule is Cc1cc(Br)ccc1NCc1cnc[nH]1. The maximum atomic E-state index is 3.97. The number of aromatic amines is 1. The molecule has 0 fully saturated rings. The summed E-state index contributed by atoms with van der Waals surface area (Å²) in [4.78, 5) is 7.02. The Labute approximate surface area is 97.1 Å². The molecule has 0 unspecified atom stereocenters. The molecule has 0 saturated carbocycles. The summed E-state index contributed by atoms with van der Waals surface area (Å²) in [5.41, 5.74) is 3.45. The number of aryl methyl sites for hydroxylation is 1. The minimum Gasteiger partial charge on any atom is -0.379 e. The first-order valence-electron chi connectivity index (χ1n) is 4.73. The number of nitrogens with zero attached hydrogens (tertiary/aromatic N) is 1. The highest BCUT2D eigenvalue weighted by atomic mass is 79.9. The molecule has 2 rings (SSSR count). The number of halogens is 1. The van der Waals surface area contributed by atoms with Gasteiger partial charge in [-0.05, 0) is 30.7 Å². The van der Waals surface area contributed by atoms with E-state index in [4.69, 9.17) is 0 Å². The van der Waals surface area contributed by atoms with Crippen LogP contribution in [0.5, 0.6) is 0 Å². The van der Waals surface area contributed by atoms with Crippen molar-refractivity contribution < 1.29 is 0 Å². The maximum absolute atomic E-state index is 3.97. The molecule has 1 aromatic heterocycles. The number of H-pyrrole nitrogens is 1. The van der Waals surface area contributed by atoms with E-state index in [1.807, 2.05) is 12.3 Å². The van der Waals surface area contributed by atoms with Crippen molar-refractivity contribution in [2.45, 2.75) is 13.5 Å². The van der Waals surface area contributed by atoms with Crippen LogP contribution in [0, 0.1) is 6.92 Å². The lowest BCUT2D eigenvalue weighted by Crippen LogP contribution is -2.00. The molecule has 0 radical (unpaired) electrons. The van der Waals surface area contributed by atoms with Crippen molar-refractivity contribution >= 4 is 21.6 Å². The van der Waals surface area contributed by atoms with Gasteiger partial charge in [0.25, 0.3) is 0 Å². The number of nitrogens with one attached hydrogen (secondary N) is 2. The number of hydrogen-bond donors (Lipinski definition) is 2. The Morgan fingerprint density at radius 3 is 3.00 bits per heavy atom. The Hall–Kier alpha value is -1.29. The number of rotatable bonds is 3. The Morgan fingerprint density at radius 1 is 1.47 bits per heavy atom. The molecule has 0 atom stereocenters. The predicted octanol–water partition coefficient (Wildman–Crippen LogP) is 3.09. The van der Waals surface area contributed by atoms with Gasteiger partial charge in [-0.1, -0.05) is 15.9 Å². The van der Waals surface area contributed by atoms with Crippen LogP contribution in [0.2, 0.25) is 0 Å². The van der Waals surface area contributed by atoms with Gasteiger partial charge in [0.15, 0.2) is 0 Å². The van der Waals surface area contributed by atoms with E-state index in [0.29, 0.717) is 0 Å². The maximum Gasteiger partial charge on any atom is 0.0922 e. The molecule has 0 spiro atoms. The lowest BCUT2D eigenvalue weighted by molar-refractivity contribution is 1.07. The number of hydrogen-bond acceptors (Lipinski definition) is 2. The molecule has 15 heavy (non-hydrogen) atoms. The highest BCUT2D eigenvalue weighted by molar-refractivity contribution is 9.10. The quantitative estimate of drug-likeness (QED) is 0.896. The standard InChI is InChI=1S/C11H12BrN3/c1-8-4-9(12)2-3-11(8)14-6-10-5-13-7-15-10/h2-5,7,14H,6H2,1H3,(H,13,15). The summed E-state index contributed by atoms with van der Waals surface area (Å²) in [6.45, 7) is 2.85. The van der Waals surface area contributed by atoms with Gasteiger partial charge in [0.1, 0.15) is 0 Å². The van der Waals surface area contributed by atoms with Crippen LogP contribution < -0.4 is 5.32 Å². The topological polar surface area (TPSA) is 40.7 Å². The second-order valence-corrected chi connectivity index (χ2v) is 4.31. The third kappa shape index (κ3) is 2.59. The van der Waals surface area contributed by atoms with Gasteiger partial charge in [0.2, 0.25) is 0 Å². The van der Waals surface area contributed by atoms with Gasteiger partial charge in [-0.3, -0.25) is 0 Å². The predicted molar refractivity (Wildman–Crippen MR) is 64.8 cm³/mol. The van der Waals surface area contributed by atoms with E-state index in [0.717, 1.165) is 22.4 Å². The van der Waals surface area contributed by atoms with Crippen molar-refractivity contribution in [2.75, 3.05) is 5.32 Å². The summed E-state index contributed by atoms with van der Waals surface area (Å²) in [5, 5.41) is 3.35. The van der Waals surface area contributed by atoms with Crippen LogP contribution in [-0.4, -0.2) is 9.97 Å². The molecule has 4 heteroatoms. The lowest BCUT2D eigenvalue weighted by Gasteiger charge is -2.08. The number of aromatic nitrogens is 2. The Balaban J connectivity index is 2.05. The first kappa shape index (κ1) is 10.2. The zero-order valence-electron chi connectivity index (χ0n) is 8.42. The summed E-state index contributed by atoms with van der Waals surface area (Å²) >= 11 is 3.44. The smallest absolute Gasteiger partial charge is 0.0922 e. The van der Waals surface area contributed by atoms with Gasteiger partial charge in [0.05, 0.1) is 18.6 Å². The normalized spacial score (nSPS) is 10.3. The lowest BCUT2D eigenvalue weighted by atomic mass is 10.2. The van der Waals surface area contributed by atoms with E-state index in [-0.39, 0.29) is 0 Å². The molecule has 0 saturated heterocycles. The summed E-state index contributed by atoms with van der Waals surface area (Å²) in [6.07, 6.45) is 3.51. The first-order valence-corrected chi connectivity index (χ1v) is 5.52. The molecular weight excluding hydrogens is 254 g/mol. The van der Waals surface area contributed by atoms with Crippen LogP contribution in [0.15, 0.2) is 35.2 Å². The molecule has 3 nitrogen and oxygen atoms in total. The van der Waals surface area contributed by atoms with Crippen LogP contribution in [-0.2, 0) is 6.54 Å². The molecule has 2 aromatic rings. The summed E-state index contributed by atoms with van der Waals surface area (Å²) in [7, 11) is 0. The highest BCUT2D eigenvalue weighted by Crippen LogP contribution is 2.20. The number of benzene rings is 1. The van der Waals surface area contributed by atoms with Crippen molar-refractivity contribution in [1.29, 1.82) is 0 Å². The summed E-state index contributed by atoms with van der Waals surface area (Å²) in [5.74, 6) is 0. The monoisotopic (exact) mass is 265 g/mol. The highest BCUT2D eigenvalue weighted by Gasteiger charge is 1.99. The van der Waals surface area contributed by atoms with Gasteiger partial charge in [0, 0.05) is 16.4 Å². The van der Waals surface area contributed by atoms with E-state index < -0.39 is 0 Å². The van der Waals surface area contributed by atoms with Gasteiger partial charge in [-0.25, -0.2) is 4.98 Å². The Bertz CT molecular complexity index is 437. The van der Waals surface area contributed by atoms with Crippen LogP contribution in [0.3, 0.4) is 0 Å². The van der Waals surface area contributed by atoms with Gasteiger partial charge >= 0.3 is 0 Å². The largest absolute Gasteiger partial charge is 0.379 e. The van der Waals surface area contributed by atoms with Gasteiger partial charge in [-0.15, -0.1) is 0 Å². The van der Waals surface area contributed by atoms with Crippen molar-refractivity contribution in [3.63, 3.8) is 0 Å². The zero-order valence-corrected chi connectivity index (χ0v) is 10.0. The van der Waals surface area contributed by atoms with Crippen LogP contribution in [0.4, 0.5) is 5.69 Å². The van der Waals surface area contributed by atoms with E-state index in [2.05, 4.69) is 50.3 Å². The Morgan fingerprint density at radius 2 is 2.33 bits per heavy atom. The van der Waals surface area contributed by atoms with Crippen LogP contribution in [0.25, 0.3) is 0 Å². The first-order chi connectivity index (χ1) is 7.25. The Kier molecular flexibility index (Phi) is 3.06. The summed E-state index contributed by atoms with van der Waals surface area (Å²) in [6, 6.07) is 6.19. The van der Waals surface area contributed by atoms with Crippen LogP contribution in [0.1, 0.15) is 11.3 Å². The minimum atomic E-state index is 0.766. The van der Waals surface area contributed by atoms with Crippen molar-refractivity contribution in [2.24, 2.45) is 0 Å². The molecule has 0 aliphatic rings. The van der Waals surface area contributed by atoms with Crippen molar-refractivity contribution in [3.8, 4) is 0 Å². The van der Waals surface area contributed by atoms with Crippen LogP contribution >= 0.6 is 15.9 Å². The molecule has 1 aromatic carbocycles. The van der Waals surface area contributed by atoms with E-state index >= 15 is 0 Å². The fourth-order valence-electron chi connectivity index (χ4n) is 1.40. The fourth-order valence-corrected chi connectivity index (χ4v) is 1.87. The molecule has 0 bridgehead atoms. The van der Waals surface area contributed by atoms with Gasteiger partial charge in [-0.2, -0.15) is 0 Å². The molecular formula is C11H12BrN3. The van der Waals surface area contributed by atoms with Gasteiger partial charge < -0.3 is 10.3 Å². The molecule has 0 aliphatic carbocycles. The summed E-state index contributed by atoms with van der Waals surface area (Å²) < 4.78 is 1.10. The van der Waals surface area contributed by atoms with E-state index in [1.165, 1.54) is 5.56 Å². The zero-order chi connectivity index (χ0) is 10.7. The molecule has 0 aliphatic heterocycles. The average Bonchev–Trinajstić information content (AvgIpc) is 2.69. The molecule has 0 amide bonds. The minimum absolute atomic E-state index is 0.766. The number of imidazole rings is 1. The number of anilines is 1. The van der Waals surface area contributed by atoms with Crippen molar-refractivity contribution in [1.82, 2.24) is 9.97 Å². The third-order valence-corrected chi connectivity index (χ3v) is 2.71. The van der Waals surface area contributed by atoms with Crippen molar-refractivity contribution in [3.05, 3.63) is 46.5 Å². The van der Waals surface area contributed by atoms with E-state index in [1.54, 1.807) is 6.33 Å². The fraction of sp³-hybridized carbons (Fsp3) is 0.182. The average molecular weight is 266 g/mol. The molecule has 1 heterocycles. The molecule has 78 valence electrons.